The van der Waals surface area contributed by atoms with Gasteiger partial charge in [0.05, 0.1) is 17.6 Å². The Bertz CT molecular complexity index is 844. The number of carboxylic acids is 1. The third kappa shape index (κ3) is 2.09. The molecule has 0 spiro atoms. The monoisotopic (exact) mass is 269 g/mol. The average Bonchev–Trinajstić information content (AvgIpc) is 2.76. The van der Waals surface area contributed by atoms with Crippen molar-refractivity contribution in [2.75, 3.05) is 0 Å². The summed E-state index contributed by atoms with van der Waals surface area (Å²) < 4.78 is 6.62. The van der Waals surface area contributed by atoms with Crippen LogP contribution in [0.4, 0.5) is 0 Å². The van der Waals surface area contributed by atoms with Crippen LogP contribution in [0.3, 0.4) is 0 Å². The van der Waals surface area contributed by atoms with Crippen molar-refractivity contribution in [3.8, 4) is 0 Å². The quantitative estimate of drug-likeness (QED) is 0.792. The number of fused-ring (bicyclic) bond motifs is 1. The first-order valence-corrected chi connectivity index (χ1v) is 6.06. The molecule has 0 aliphatic rings. The second-order valence-electron chi connectivity index (χ2n) is 4.43. The number of rotatable bonds is 3. The Hall–Kier alpha value is -2.82. The molecule has 2 aromatic carbocycles. The van der Waals surface area contributed by atoms with Gasteiger partial charge in [-0.25, -0.2) is 9.59 Å². The molecule has 0 amide bonds. The molecule has 0 saturated heterocycles. The van der Waals surface area contributed by atoms with Crippen molar-refractivity contribution in [3.05, 3.63) is 70.2 Å². The van der Waals surface area contributed by atoms with Crippen LogP contribution in [0.2, 0.25) is 0 Å². The fourth-order valence-electron chi connectivity index (χ4n) is 2.15. The molecule has 100 valence electrons. The van der Waals surface area contributed by atoms with Crippen molar-refractivity contribution < 1.29 is 14.3 Å². The summed E-state index contributed by atoms with van der Waals surface area (Å²) in [5.41, 5.74) is 2.15. The second-order valence-corrected chi connectivity index (χ2v) is 4.43. The molecule has 20 heavy (non-hydrogen) atoms. The van der Waals surface area contributed by atoms with Gasteiger partial charge in [0, 0.05) is 0 Å². The van der Waals surface area contributed by atoms with Crippen molar-refractivity contribution in [3.63, 3.8) is 0 Å². The summed E-state index contributed by atoms with van der Waals surface area (Å²) in [7, 11) is 0. The highest BCUT2D eigenvalue weighted by atomic mass is 16.4. The van der Waals surface area contributed by atoms with Crippen LogP contribution in [-0.4, -0.2) is 15.6 Å². The number of carbonyl (C=O) groups is 1. The number of para-hydroxylation sites is 2. The number of hydrogen-bond donors (Lipinski definition) is 1. The zero-order valence-corrected chi connectivity index (χ0v) is 10.4. The molecule has 0 saturated carbocycles. The standard InChI is InChI=1S/C15H11NO4/c17-14(18)11-5-3-4-10(8-11)9-16-12-6-1-2-7-13(12)20-15(16)19/h1-8H,9H2,(H,17,18). The fraction of sp³-hybridized carbons (Fsp3) is 0.0667. The molecule has 5 nitrogen and oxygen atoms in total. The van der Waals surface area contributed by atoms with E-state index in [4.69, 9.17) is 9.52 Å². The lowest BCUT2D eigenvalue weighted by Crippen LogP contribution is -2.15. The van der Waals surface area contributed by atoms with Crippen LogP contribution in [0.1, 0.15) is 15.9 Å². The van der Waals surface area contributed by atoms with Gasteiger partial charge in [-0.3, -0.25) is 4.57 Å². The van der Waals surface area contributed by atoms with Crippen molar-refractivity contribution in [1.29, 1.82) is 0 Å². The lowest BCUT2D eigenvalue weighted by molar-refractivity contribution is 0.0696. The van der Waals surface area contributed by atoms with Crippen molar-refractivity contribution in [2.24, 2.45) is 0 Å². The van der Waals surface area contributed by atoms with E-state index in [1.807, 2.05) is 6.07 Å². The molecule has 3 rings (SSSR count). The van der Waals surface area contributed by atoms with Crippen LogP contribution in [0, 0.1) is 0 Å². The van der Waals surface area contributed by atoms with E-state index in [0.29, 0.717) is 11.1 Å². The van der Waals surface area contributed by atoms with Gasteiger partial charge in [-0.2, -0.15) is 0 Å². The molecule has 0 fully saturated rings. The van der Waals surface area contributed by atoms with E-state index in [-0.39, 0.29) is 12.1 Å². The molecule has 0 unspecified atom stereocenters. The number of benzene rings is 2. The van der Waals surface area contributed by atoms with Gasteiger partial charge in [0.25, 0.3) is 0 Å². The van der Waals surface area contributed by atoms with Gasteiger partial charge in [0.2, 0.25) is 0 Å². The summed E-state index contributed by atoms with van der Waals surface area (Å²) >= 11 is 0. The fourth-order valence-corrected chi connectivity index (χ4v) is 2.15. The molecule has 1 aromatic heterocycles. The Morgan fingerprint density at radius 3 is 2.75 bits per heavy atom. The molecule has 3 aromatic rings. The SMILES string of the molecule is O=C(O)c1cccc(Cn2c(=O)oc3ccccc32)c1. The summed E-state index contributed by atoms with van der Waals surface area (Å²) in [4.78, 5) is 22.8. The minimum atomic E-state index is -0.990. The van der Waals surface area contributed by atoms with E-state index in [2.05, 4.69) is 0 Å². The number of oxazole rings is 1. The van der Waals surface area contributed by atoms with E-state index in [9.17, 15) is 9.59 Å². The highest BCUT2D eigenvalue weighted by molar-refractivity contribution is 5.87. The van der Waals surface area contributed by atoms with Crippen molar-refractivity contribution >= 4 is 17.1 Å². The van der Waals surface area contributed by atoms with Crippen LogP contribution in [0.25, 0.3) is 11.1 Å². The maximum Gasteiger partial charge on any atom is 0.420 e. The van der Waals surface area contributed by atoms with Crippen LogP contribution in [-0.2, 0) is 6.54 Å². The number of hydrogen-bond acceptors (Lipinski definition) is 3. The van der Waals surface area contributed by atoms with E-state index >= 15 is 0 Å². The normalized spacial score (nSPS) is 10.8. The van der Waals surface area contributed by atoms with Crippen molar-refractivity contribution in [1.82, 2.24) is 4.57 Å². The zero-order chi connectivity index (χ0) is 14.1. The van der Waals surface area contributed by atoms with Gasteiger partial charge in [-0.15, -0.1) is 0 Å². The number of nitrogens with zero attached hydrogens (tertiary/aromatic N) is 1. The lowest BCUT2D eigenvalue weighted by atomic mass is 10.1. The Morgan fingerprint density at radius 1 is 1.15 bits per heavy atom. The van der Waals surface area contributed by atoms with E-state index in [0.717, 1.165) is 5.56 Å². The van der Waals surface area contributed by atoms with Gasteiger partial charge in [0.1, 0.15) is 0 Å². The van der Waals surface area contributed by atoms with Gasteiger partial charge in [-0.05, 0) is 29.8 Å². The maximum atomic E-state index is 11.8. The van der Waals surface area contributed by atoms with Gasteiger partial charge >= 0.3 is 11.7 Å². The summed E-state index contributed by atoms with van der Waals surface area (Å²) in [6.07, 6.45) is 0. The first kappa shape index (κ1) is 12.2. The van der Waals surface area contributed by atoms with Gasteiger partial charge in [0.15, 0.2) is 5.58 Å². The predicted molar refractivity (Wildman–Crippen MR) is 73.0 cm³/mol. The molecule has 0 bridgehead atoms. The number of aromatic nitrogens is 1. The van der Waals surface area contributed by atoms with E-state index in [1.54, 1.807) is 36.4 Å². The minimum absolute atomic E-state index is 0.198. The largest absolute Gasteiger partial charge is 0.478 e. The Morgan fingerprint density at radius 2 is 1.95 bits per heavy atom. The Balaban J connectivity index is 2.05. The van der Waals surface area contributed by atoms with Crippen LogP contribution < -0.4 is 5.76 Å². The second kappa shape index (κ2) is 4.70. The average molecular weight is 269 g/mol. The molecular formula is C15H11NO4. The third-order valence-electron chi connectivity index (χ3n) is 3.09. The Labute approximate surface area is 113 Å². The summed E-state index contributed by atoms with van der Waals surface area (Å²) in [6.45, 7) is 0.275. The summed E-state index contributed by atoms with van der Waals surface area (Å²) in [5.74, 6) is -1.44. The van der Waals surface area contributed by atoms with Crippen LogP contribution in [0.5, 0.6) is 0 Å². The molecule has 0 aliphatic carbocycles. The topological polar surface area (TPSA) is 72.4 Å². The molecule has 1 N–H and O–H groups in total. The number of carboxylic acid groups (broad SMARTS) is 1. The maximum absolute atomic E-state index is 11.8. The third-order valence-corrected chi connectivity index (χ3v) is 3.09. The molecule has 0 atom stereocenters. The lowest BCUT2D eigenvalue weighted by Gasteiger charge is -2.03. The summed E-state index contributed by atoms with van der Waals surface area (Å²) in [6, 6.07) is 13.6. The zero-order valence-electron chi connectivity index (χ0n) is 10.4. The summed E-state index contributed by atoms with van der Waals surface area (Å²) in [5, 5.41) is 8.97. The molecule has 0 radical (unpaired) electrons. The van der Waals surface area contributed by atoms with Gasteiger partial charge < -0.3 is 9.52 Å². The molecular weight excluding hydrogens is 258 g/mol. The first-order valence-electron chi connectivity index (χ1n) is 6.06. The van der Waals surface area contributed by atoms with E-state index in [1.165, 1.54) is 10.6 Å². The van der Waals surface area contributed by atoms with Crippen LogP contribution >= 0.6 is 0 Å². The Kier molecular flexibility index (Phi) is 2.87. The smallest absolute Gasteiger partial charge is 0.420 e. The van der Waals surface area contributed by atoms with Crippen LogP contribution in [0.15, 0.2) is 57.7 Å². The minimum Gasteiger partial charge on any atom is -0.478 e. The predicted octanol–water partition coefficient (Wildman–Crippen LogP) is 2.34. The highest BCUT2D eigenvalue weighted by Crippen LogP contribution is 2.14. The molecule has 1 heterocycles. The number of aromatic carboxylic acids is 1. The van der Waals surface area contributed by atoms with E-state index < -0.39 is 11.7 Å². The van der Waals surface area contributed by atoms with Crippen molar-refractivity contribution in [2.45, 2.75) is 6.54 Å². The highest BCUT2D eigenvalue weighted by Gasteiger charge is 2.10. The van der Waals surface area contributed by atoms with Gasteiger partial charge in [-0.1, -0.05) is 24.3 Å². The molecule has 5 heteroatoms. The first-order chi connectivity index (χ1) is 9.65. The molecule has 0 aliphatic heterocycles.